The minimum absolute atomic E-state index is 0.812. The van der Waals surface area contributed by atoms with Gasteiger partial charge in [0, 0.05) is 38.2 Å². The van der Waals surface area contributed by atoms with Crippen LogP contribution in [-0.2, 0) is 0 Å². The lowest BCUT2D eigenvalue weighted by Crippen LogP contribution is -2.04. The summed E-state index contributed by atoms with van der Waals surface area (Å²) < 4.78 is 4.79. The summed E-state index contributed by atoms with van der Waals surface area (Å²) in [5.41, 5.74) is 14.0. The molecule has 4 heteroatoms. The van der Waals surface area contributed by atoms with Crippen molar-refractivity contribution in [1.82, 2.24) is 19.1 Å². The smallest absolute Gasteiger partial charge is 0.165 e. The molecule has 3 heterocycles. The molecule has 58 heavy (non-hydrogen) atoms. The SMILES string of the molecule is c1ccc(-c2cccc(-n3c4ccccc4c4c(-c5ccc6c7ccc8ccccc8c7n(-c7nc8ccccc8nc7-c7ccccc7)c6c5)cccc43)c2)cc1. The second kappa shape index (κ2) is 12.9. The average molecular weight is 739 g/mol. The lowest BCUT2D eigenvalue weighted by molar-refractivity contribution is 1.08. The van der Waals surface area contributed by atoms with E-state index in [0.717, 1.165) is 50.4 Å². The Morgan fingerprint density at radius 3 is 1.84 bits per heavy atom. The van der Waals surface area contributed by atoms with Gasteiger partial charge in [0.2, 0.25) is 0 Å². The molecule has 0 spiro atoms. The van der Waals surface area contributed by atoms with Gasteiger partial charge in [-0.3, -0.25) is 4.57 Å². The van der Waals surface area contributed by atoms with Crippen LogP contribution in [0.3, 0.4) is 0 Å². The van der Waals surface area contributed by atoms with Crippen LogP contribution < -0.4 is 0 Å². The summed E-state index contributed by atoms with van der Waals surface area (Å²) in [6.45, 7) is 0. The lowest BCUT2D eigenvalue weighted by atomic mass is 9.98. The Hall–Kier alpha value is -7.82. The van der Waals surface area contributed by atoms with Crippen LogP contribution >= 0.6 is 0 Å². The van der Waals surface area contributed by atoms with Crippen LogP contribution in [0.25, 0.3) is 110 Å². The summed E-state index contributed by atoms with van der Waals surface area (Å²) >= 11 is 0. The fraction of sp³-hybridized carbons (Fsp3) is 0. The van der Waals surface area contributed by atoms with Gasteiger partial charge in [0.05, 0.1) is 33.1 Å². The Morgan fingerprint density at radius 1 is 0.345 bits per heavy atom. The van der Waals surface area contributed by atoms with E-state index in [1.54, 1.807) is 0 Å². The summed E-state index contributed by atoms with van der Waals surface area (Å²) in [7, 11) is 0. The van der Waals surface area contributed by atoms with E-state index in [4.69, 9.17) is 9.97 Å². The quantitative estimate of drug-likeness (QED) is 0.176. The molecule has 0 bridgehead atoms. The van der Waals surface area contributed by atoms with Crippen LogP contribution in [0.4, 0.5) is 0 Å². The highest BCUT2D eigenvalue weighted by molar-refractivity contribution is 6.20. The van der Waals surface area contributed by atoms with Gasteiger partial charge in [-0.25, -0.2) is 9.97 Å². The van der Waals surface area contributed by atoms with E-state index in [9.17, 15) is 0 Å². The maximum atomic E-state index is 5.46. The predicted molar refractivity (Wildman–Crippen MR) is 242 cm³/mol. The second-order valence-electron chi connectivity index (χ2n) is 15.0. The second-order valence-corrected chi connectivity index (χ2v) is 15.0. The first-order valence-electron chi connectivity index (χ1n) is 19.8. The lowest BCUT2D eigenvalue weighted by Gasteiger charge is -2.15. The average Bonchev–Trinajstić information content (AvgIpc) is 3.82. The van der Waals surface area contributed by atoms with Gasteiger partial charge in [0.1, 0.15) is 5.69 Å². The van der Waals surface area contributed by atoms with E-state index in [2.05, 4.69) is 197 Å². The molecule has 0 aliphatic rings. The van der Waals surface area contributed by atoms with E-state index in [0.29, 0.717) is 0 Å². The first kappa shape index (κ1) is 32.4. The third kappa shape index (κ3) is 4.95. The molecular formula is C54H34N4. The molecule has 3 aromatic heterocycles. The van der Waals surface area contributed by atoms with Gasteiger partial charge in [-0.05, 0) is 70.1 Å². The molecule has 9 aromatic carbocycles. The fourth-order valence-corrected chi connectivity index (χ4v) is 9.10. The van der Waals surface area contributed by atoms with E-state index < -0.39 is 0 Å². The molecule has 0 unspecified atom stereocenters. The summed E-state index contributed by atoms with van der Waals surface area (Å²) in [6, 6.07) is 73.8. The molecule has 12 rings (SSSR count). The van der Waals surface area contributed by atoms with Gasteiger partial charge in [0.15, 0.2) is 5.82 Å². The molecule has 0 aliphatic heterocycles. The number of hydrogen-bond donors (Lipinski definition) is 0. The van der Waals surface area contributed by atoms with Gasteiger partial charge in [0.25, 0.3) is 0 Å². The molecule has 0 amide bonds. The van der Waals surface area contributed by atoms with Crippen LogP contribution in [0.5, 0.6) is 0 Å². The highest BCUT2D eigenvalue weighted by Crippen LogP contribution is 2.43. The molecular weight excluding hydrogens is 705 g/mol. The first-order chi connectivity index (χ1) is 28.8. The van der Waals surface area contributed by atoms with Crippen LogP contribution in [0.1, 0.15) is 0 Å². The fourth-order valence-electron chi connectivity index (χ4n) is 9.10. The number of aromatic nitrogens is 4. The maximum Gasteiger partial charge on any atom is 0.165 e. The van der Waals surface area contributed by atoms with Crippen molar-refractivity contribution in [2.75, 3.05) is 0 Å². The van der Waals surface area contributed by atoms with Crippen molar-refractivity contribution in [3.63, 3.8) is 0 Å². The number of fused-ring (bicyclic) bond motifs is 9. The highest BCUT2D eigenvalue weighted by atomic mass is 15.1. The molecule has 0 fully saturated rings. The first-order valence-corrected chi connectivity index (χ1v) is 19.8. The number of nitrogens with zero attached hydrogens (tertiary/aromatic N) is 4. The summed E-state index contributed by atoms with van der Waals surface area (Å²) in [6.07, 6.45) is 0. The number of benzene rings is 9. The summed E-state index contributed by atoms with van der Waals surface area (Å²) in [5, 5.41) is 7.16. The van der Waals surface area contributed by atoms with Crippen molar-refractivity contribution in [3.8, 4) is 45.0 Å². The topological polar surface area (TPSA) is 35.6 Å². The van der Waals surface area contributed by atoms with Crippen molar-refractivity contribution in [2.24, 2.45) is 0 Å². The highest BCUT2D eigenvalue weighted by Gasteiger charge is 2.23. The molecule has 0 saturated heterocycles. The third-order valence-electron chi connectivity index (χ3n) is 11.7. The molecule has 0 N–H and O–H groups in total. The van der Waals surface area contributed by atoms with E-state index >= 15 is 0 Å². The largest absolute Gasteiger partial charge is 0.309 e. The van der Waals surface area contributed by atoms with Crippen LogP contribution in [0, 0.1) is 0 Å². The number of hydrogen-bond acceptors (Lipinski definition) is 2. The van der Waals surface area contributed by atoms with Crippen LogP contribution in [-0.4, -0.2) is 19.1 Å². The molecule has 4 nitrogen and oxygen atoms in total. The molecule has 12 aromatic rings. The molecule has 0 radical (unpaired) electrons. The Balaban J connectivity index is 1.16. The van der Waals surface area contributed by atoms with Gasteiger partial charge in [-0.2, -0.15) is 0 Å². The minimum atomic E-state index is 0.812. The van der Waals surface area contributed by atoms with Crippen molar-refractivity contribution < 1.29 is 0 Å². The molecule has 270 valence electrons. The minimum Gasteiger partial charge on any atom is -0.309 e. The standard InChI is InChI=1S/C54H34N4/c1-3-15-35(16-4-1)38-20-13-21-40(33-38)57-48-27-12-9-23-45(48)51-41(24-14-28-49(51)57)39-30-31-43-44-32-29-36-17-7-8-22-42(36)53(44)58(50(43)34-39)54-52(37-18-5-2-6-19-37)55-46-25-10-11-26-47(46)56-54/h1-34H. The Bertz CT molecular complexity index is 3560. The summed E-state index contributed by atoms with van der Waals surface area (Å²) in [5.74, 6) is 0.812. The Morgan fingerprint density at radius 2 is 1.00 bits per heavy atom. The van der Waals surface area contributed by atoms with E-state index in [1.165, 1.54) is 60.0 Å². The zero-order chi connectivity index (χ0) is 38.2. The van der Waals surface area contributed by atoms with E-state index in [-0.39, 0.29) is 0 Å². The Labute approximate surface area is 334 Å². The van der Waals surface area contributed by atoms with Crippen molar-refractivity contribution >= 4 is 65.4 Å². The van der Waals surface area contributed by atoms with Crippen molar-refractivity contribution in [3.05, 3.63) is 206 Å². The normalized spacial score (nSPS) is 11.8. The van der Waals surface area contributed by atoms with Crippen molar-refractivity contribution in [2.45, 2.75) is 0 Å². The zero-order valence-corrected chi connectivity index (χ0v) is 31.4. The monoisotopic (exact) mass is 738 g/mol. The van der Waals surface area contributed by atoms with Crippen LogP contribution in [0.15, 0.2) is 206 Å². The molecule has 0 aliphatic carbocycles. The molecule has 0 saturated carbocycles. The van der Waals surface area contributed by atoms with Gasteiger partial charge in [-0.1, -0.05) is 164 Å². The third-order valence-corrected chi connectivity index (χ3v) is 11.7. The number of para-hydroxylation sites is 3. The van der Waals surface area contributed by atoms with E-state index in [1.807, 2.05) is 18.2 Å². The molecule has 0 atom stereocenters. The van der Waals surface area contributed by atoms with Gasteiger partial charge in [-0.15, -0.1) is 0 Å². The predicted octanol–water partition coefficient (Wildman–Crippen LogP) is 14.0. The van der Waals surface area contributed by atoms with Crippen molar-refractivity contribution in [1.29, 1.82) is 0 Å². The zero-order valence-electron chi connectivity index (χ0n) is 31.4. The summed E-state index contributed by atoms with van der Waals surface area (Å²) in [4.78, 5) is 10.8. The maximum absolute atomic E-state index is 5.46. The van der Waals surface area contributed by atoms with Crippen LogP contribution in [0.2, 0.25) is 0 Å². The van der Waals surface area contributed by atoms with Gasteiger partial charge >= 0.3 is 0 Å². The number of rotatable bonds is 5. The van der Waals surface area contributed by atoms with Gasteiger partial charge < -0.3 is 4.57 Å². The Kier molecular flexibility index (Phi) is 7.20.